The molecule has 0 aromatic carbocycles. The van der Waals surface area contributed by atoms with E-state index < -0.39 is 0 Å². The topological polar surface area (TPSA) is 37.3 Å². The second-order valence-corrected chi connectivity index (χ2v) is 6.98. The minimum absolute atomic E-state index is 0.0573. The molecule has 17 heavy (non-hydrogen) atoms. The molecular formula is C15H22O2. The van der Waals surface area contributed by atoms with Gasteiger partial charge in [0.15, 0.2) is 5.78 Å². The number of hydrogen-bond acceptors (Lipinski definition) is 2. The summed E-state index contributed by atoms with van der Waals surface area (Å²) < 4.78 is 0. The van der Waals surface area contributed by atoms with Crippen LogP contribution in [0.1, 0.15) is 39.5 Å². The van der Waals surface area contributed by atoms with Crippen molar-refractivity contribution < 1.29 is 9.90 Å². The summed E-state index contributed by atoms with van der Waals surface area (Å²) in [4.78, 5) is 12.0. The third-order valence-corrected chi connectivity index (χ3v) is 5.98. The van der Waals surface area contributed by atoms with Gasteiger partial charge in [-0.2, -0.15) is 0 Å². The number of allylic oxidation sites excluding steroid dienone is 1. The molecule has 0 saturated heterocycles. The van der Waals surface area contributed by atoms with Crippen molar-refractivity contribution in [2.75, 3.05) is 6.61 Å². The van der Waals surface area contributed by atoms with Gasteiger partial charge in [0.05, 0.1) is 0 Å². The van der Waals surface area contributed by atoms with E-state index in [0.29, 0.717) is 23.7 Å². The highest BCUT2D eigenvalue weighted by molar-refractivity contribution is 5.99. The summed E-state index contributed by atoms with van der Waals surface area (Å²) in [5.41, 5.74) is 1.08. The van der Waals surface area contributed by atoms with E-state index in [1.807, 2.05) is 0 Å². The average molecular weight is 234 g/mol. The Morgan fingerprint density at radius 2 is 2.06 bits per heavy atom. The van der Waals surface area contributed by atoms with Gasteiger partial charge in [-0.1, -0.05) is 20.4 Å². The molecule has 2 nitrogen and oxygen atoms in total. The molecule has 1 N–H and O–H groups in total. The molecule has 94 valence electrons. The molecule has 0 amide bonds. The molecule has 2 heteroatoms. The van der Waals surface area contributed by atoms with E-state index in [-0.39, 0.29) is 23.7 Å². The molecule has 4 atom stereocenters. The molecule has 0 heterocycles. The van der Waals surface area contributed by atoms with Gasteiger partial charge >= 0.3 is 0 Å². The van der Waals surface area contributed by atoms with Crippen molar-refractivity contribution in [2.24, 2.45) is 28.6 Å². The minimum atomic E-state index is -0.0573. The fourth-order valence-corrected chi connectivity index (χ4v) is 5.34. The monoisotopic (exact) mass is 234 g/mol. The normalized spacial score (nSPS) is 47.4. The van der Waals surface area contributed by atoms with Gasteiger partial charge in [-0.25, -0.2) is 0 Å². The van der Waals surface area contributed by atoms with Crippen LogP contribution in [0.25, 0.3) is 0 Å². The quantitative estimate of drug-likeness (QED) is 0.708. The summed E-state index contributed by atoms with van der Waals surface area (Å²) in [5, 5.41) is 9.67. The standard InChI is InChI=1S/C15H22O2/c1-9-13(17)6-12-11-5-4-10(7-16)15(9,12)8-14(11,2)3/h10-12,16H,1,4-8H2,2-3H3/t10-,11+,12+,15+/m0/s1. The Morgan fingerprint density at radius 3 is 2.71 bits per heavy atom. The Bertz CT molecular complexity index is 396. The van der Waals surface area contributed by atoms with Gasteiger partial charge in [0, 0.05) is 18.4 Å². The van der Waals surface area contributed by atoms with Crippen LogP contribution in [0.15, 0.2) is 12.2 Å². The summed E-state index contributed by atoms with van der Waals surface area (Å²) in [6.07, 6.45) is 3.97. The van der Waals surface area contributed by atoms with E-state index >= 15 is 0 Å². The Hall–Kier alpha value is -0.630. The molecule has 3 aliphatic rings. The van der Waals surface area contributed by atoms with Crippen LogP contribution in [0, 0.1) is 28.6 Å². The highest BCUT2D eigenvalue weighted by Gasteiger charge is 2.67. The second kappa shape index (κ2) is 3.23. The summed E-state index contributed by atoms with van der Waals surface area (Å²) in [6.45, 7) is 8.96. The predicted octanol–water partition coefficient (Wildman–Crippen LogP) is 2.57. The van der Waals surface area contributed by atoms with E-state index in [4.69, 9.17) is 0 Å². The molecule has 3 aliphatic carbocycles. The summed E-state index contributed by atoms with van der Waals surface area (Å²) in [7, 11) is 0. The van der Waals surface area contributed by atoms with Crippen molar-refractivity contribution in [3.63, 3.8) is 0 Å². The molecule has 2 bridgehead atoms. The molecular weight excluding hydrogens is 212 g/mol. The number of rotatable bonds is 1. The average Bonchev–Trinajstić information content (AvgIpc) is 2.58. The van der Waals surface area contributed by atoms with Crippen LogP contribution in [0.2, 0.25) is 0 Å². The summed E-state index contributed by atoms with van der Waals surface area (Å²) >= 11 is 0. The van der Waals surface area contributed by atoms with Crippen molar-refractivity contribution in [1.29, 1.82) is 0 Å². The van der Waals surface area contributed by atoms with Crippen LogP contribution in [0.3, 0.4) is 0 Å². The van der Waals surface area contributed by atoms with Crippen molar-refractivity contribution in [1.82, 2.24) is 0 Å². The molecule has 0 unspecified atom stereocenters. The van der Waals surface area contributed by atoms with Crippen LogP contribution >= 0.6 is 0 Å². The van der Waals surface area contributed by atoms with Crippen LogP contribution in [-0.2, 0) is 4.79 Å². The first-order valence-electron chi connectivity index (χ1n) is 6.77. The van der Waals surface area contributed by atoms with Crippen LogP contribution in [0.4, 0.5) is 0 Å². The molecule has 0 aromatic rings. The number of carbonyl (C=O) groups excluding carboxylic acids is 1. The first-order chi connectivity index (χ1) is 7.93. The maximum absolute atomic E-state index is 12.0. The van der Waals surface area contributed by atoms with E-state index in [9.17, 15) is 9.90 Å². The number of ketones is 1. The van der Waals surface area contributed by atoms with Gasteiger partial charge < -0.3 is 5.11 Å². The summed E-state index contributed by atoms with van der Waals surface area (Å²) in [6, 6.07) is 0. The molecule has 3 fully saturated rings. The van der Waals surface area contributed by atoms with Gasteiger partial charge in [0.25, 0.3) is 0 Å². The zero-order valence-electron chi connectivity index (χ0n) is 10.8. The molecule has 0 spiro atoms. The van der Waals surface area contributed by atoms with Crippen LogP contribution < -0.4 is 0 Å². The van der Waals surface area contributed by atoms with E-state index in [1.54, 1.807) is 0 Å². The zero-order valence-corrected chi connectivity index (χ0v) is 10.8. The Kier molecular flexibility index (Phi) is 2.17. The zero-order chi connectivity index (χ0) is 12.4. The molecule has 0 radical (unpaired) electrons. The van der Waals surface area contributed by atoms with Crippen molar-refractivity contribution >= 4 is 5.78 Å². The first kappa shape index (κ1) is 11.5. The molecule has 3 saturated carbocycles. The number of carbonyl (C=O) groups is 1. The van der Waals surface area contributed by atoms with Crippen molar-refractivity contribution in [3.8, 4) is 0 Å². The number of aliphatic hydroxyl groups excluding tert-OH is 1. The van der Waals surface area contributed by atoms with Gasteiger partial charge in [-0.3, -0.25) is 4.79 Å². The lowest BCUT2D eigenvalue weighted by molar-refractivity contribution is -0.115. The number of aliphatic hydroxyl groups is 1. The third kappa shape index (κ3) is 1.17. The first-order valence-corrected chi connectivity index (χ1v) is 6.77. The van der Waals surface area contributed by atoms with Crippen LogP contribution in [-0.4, -0.2) is 17.5 Å². The van der Waals surface area contributed by atoms with Crippen molar-refractivity contribution in [2.45, 2.75) is 39.5 Å². The lowest BCUT2D eigenvalue weighted by atomic mass is 9.61. The highest BCUT2D eigenvalue weighted by Crippen LogP contribution is 2.71. The molecule has 3 rings (SSSR count). The van der Waals surface area contributed by atoms with Gasteiger partial charge in [-0.05, 0) is 48.0 Å². The second-order valence-electron chi connectivity index (χ2n) is 6.98. The Labute approximate surface area is 103 Å². The minimum Gasteiger partial charge on any atom is -0.396 e. The number of hydrogen-bond donors (Lipinski definition) is 1. The fourth-order valence-electron chi connectivity index (χ4n) is 5.34. The van der Waals surface area contributed by atoms with E-state index in [0.717, 1.165) is 18.4 Å². The van der Waals surface area contributed by atoms with E-state index in [1.165, 1.54) is 6.42 Å². The third-order valence-electron chi connectivity index (χ3n) is 5.98. The van der Waals surface area contributed by atoms with Crippen molar-refractivity contribution in [3.05, 3.63) is 12.2 Å². The lowest BCUT2D eigenvalue weighted by Crippen LogP contribution is -2.39. The summed E-state index contributed by atoms with van der Waals surface area (Å²) in [5.74, 6) is 1.64. The smallest absolute Gasteiger partial charge is 0.159 e. The lowest BCUT2D eigenvalue weighted by Gasteiger charge is -2.42. The fraction of sp³-hybridized carbons (Fsp3) is 0.800. The predicted molar refractivity (Wildman–Crippen MR) is 66.4 cm³/mol. The SMILES string of the molecule is C=C1C(=O)C[C@@H]2[C@H]3CC[C@@H](CO)[C@@]12CC3(C)C. The molecule has 0 aliphatic heterocycles. The maximum atomic E-state index is 12.0. The Balaban J connectivity index is 2.12. The largest absolute Gasteiger partial charge is 0.396 e. The number of Topliss-reactive ketones (excluding diaryl/α,β-unsaturated/α-hetero) is 1. The van der Waals surface area contributed by atoms with E-state index in [2.05, 4.69) is 20.4 Å². The maximum Gasteiger partial charge on any atom is 0.159 e. The van der Waals surface area contributed by atoms with Crippen LogP contribution in [0.5, 0.6) is 0 Å². The molecule has 0 aromatic heterocycles. The van der Waals surface area contributed by atoms with Gasteiger partial charge in [-0.15, -0.1) is 0 Å². The van der Waals surface area contributed by atoms with Gasteiger partial charge in [0.2, 0.25) is 0 Å². The van der Waals surface area contributed by atoms with Gasteiger partial charge in [0.1, 0.15) is 0 Å². The highest BCUT2D eigenvalue weighted by atomic mass is 16.3. The Morgan fingerprint density at radius 1 is 1.35 bits per heavy atom.